The number of aryl methyl sites for hydroxylation is 3. The van der Waals surface area contributed by atoms with Gasteiger partial charge in [-0.1, -0.05) is 6.92 Å². The maximum Gasteiger partial charge on any atom is 0.273 e. The second kappa shape index (κ2) is 7.92. The second-order valence-electron chi connectivity index (χ2n) is 6.48. The molecule has 1 amide bonds. The monoisotopic (exact) mass is 346 g/mol. The van der Waals surface area contributed by atoms with Gasteiger partial charge in [-0.25, -0.2) is 9.97 Å². The summed E-state index contributed by atoms with van der Waals surface area (Å²) < 4.78 is 2.17. The molecule has 1 atom stereocenters. The van der Waals surface area contributed by atoms with Crippen molar-refractivity contribution in [3.63, 3.8) is 0 Å². The molecule has 0 N–H and O–H groups in total. The minimum atomic E-state index is 0.112. The van der Waals surface area contributed by atoms with Crippen LogP contribution in [0.2, 0.25) is 0 Å². The van der Waals surface area contributed by atoms with Crippen LogP contribution in [0.3, 0.4) is 0 Å². The first-order valence-electron chi connectivity index (χ1n) is 8.92. The minimum Gasteiger partial charge on any atom is -0.335 e. The molecule has 0 radical (unpaired) electrons. The van der Waals surface area contributed by atoms with E-state index in [1.807, 2.05) is 24.7 Å². The van der Waals surface area contributed by atoms with Gasteiger partial charge < -0.3 is 9.47 Å². The molecule has 1 fully saturated rings. The van der Waals surface area contributed by atoms with Gasteiger partial charge in [0.05, 0.1) is 5.01 Å². The van der Waals surface area contributed by atoms with Crippen LogP contribution in [0.15, 0.2) is 17.8 Å². The van der Waals surface area contributed by atoms with Crippen LogP contribution in [0.25, 0.3) is 0 Å². The molecule has 0 spiro atoms. The SMILES string of the molecule is CCCc1nc(C(=O)N2CCCCC2CCn2ccnc2C)cs1. The Morgan fingerprint density at radius 2 is 2.29 bits per heavy atom. The molecule has 0 aliphatic carbocycles. The van der Waals surface area contributed by atoms with Crippen LogP contribution >= 0.6 is 11.3 Å². The lowest BCUT2D eigenvalue weighted by molar-refractivity contribution is 0.0590. The molecule has 0 bridgehead atoms. The highest BCUT2D eigenvalue weighted by atomic mass is 32.1. The molecule has 1 aliphatic rings. The Kier molecular flexibility index (Phi) is 5.66. The van der Waals surface area contributed by atoms with Crippen LogP contribution in [-0.4, -0.2) is 37.9 Å². The first kappa shape index (κ1) is 17.1. The summed E-state index contributed by atoms with van der Waals surface area (Å²) in [5.41, 5.74) is 0.633. The van der Waals surface area contributed by atoms with E-state index in [1.165, 1.54) is 6.42 Å². The second-order valence-corrected chi connectivity index (χ2v) is 7.42. The van der Waals surface area contributed by atoms with Gasteiger partial charge in [0, 0.05) is 36.9 Å². The molecule has 0 saturated carbocycles. The Morgan fingerprint density at radius 3 is 3.04 bits per heavy atom. The van der Waals surface area contributed by atoms with Crippen molar-refractivity contribution in [1.29, 1.82) is 0 Å². The molecule has 2 aromatic heterocycles. The summed E-state index contributed by atoms with van der Waals surface area (Å²) in [7, 11) is 0. The van der Waals surface area contributed by atoms with Gasteiger partial charge >= 0.3 is 0 Å². The fourth-order valence-corrected chi connectivity index (χ4v) is 4.26. The molecule has 1 aliphatic heterocycles. The van der Waals surface area contributed by atoms with Crippen LogP contribution in [0.4, 0.5) is 0 Å². The van der Waals surface area contributed by atoms with E-state index in [9.17, 15) is 4.79 Å². The highest BCUT2D eigenvalue weighted by Crippen LogP contribution is 2.23. The molecule has 6 heteroatoms. The van der Waals surface area contributed by atoms with Crippen molar-refractivity contribution >= 4 is 17.2 Å². The lowest BCUT2D eigenvalue weighted by Gasteiger charge is -2.35. The molecule has 2 aromatic rings. The van der Waals surface area contributed by atoms with Gasteiger partial charge in [-0.2, -0.15) is 0 Å². The average molecular weight is 346 g/mol. The first-order valence-corrected chi connectivity index (χ1v) is 9.80. The molecular weight excluding hydrogens is 320 g/mol. The van der Waals surface area contributed by atoms with Crippen molar-refractivity contribution in [1.82, 2.24) is 19.4 Å². The topological polar surface area (TPSA) is 51.0 Å². The van der Waals surface area contributed by atoms with Gasteiger partial charge in [0.1, 0.15) is 11.5 Å². The highest BCUT2D eigenvalue weighted by molar-refractivity contribution is 7.09. The Bertz CT molecular complexity index is 678. The van der Waals surface area contributed by atoms with Crippen LogP contribution in [-0.2, 0) is 13.0 Å². The number of carbonyl (C=O) groups is 1. The average Bonchev–Trinajstić information content (AvgIpc) is 3.22. The fourth-order valence-electron chi connectivity index (χ4n) is 3.38. The molecule has 0 aromatic carbocycles. The Balaban J connectivity index is 1.66. The van der Waals surface area contributed by atoms with Crippen LogP contribution in [0.1, 0.15) is 60.3 Å². The van der Waals surface area contributed by atoms with Gasteiger partial charge in [-0.3, -0.25) is 4.79 Å². The third kappa shape index (κ3) is 3.86. The lowest BCUT2D eigenvalue weighted by atomic mass is 9.99. The largest absolute Gasteiger partial charge is 0.335 e. The first-order chi connectivity index (χ1) is 11.7. The van der Waals surface area contributed by atoms with Crippen LogP contribution < -0.4 is 0 Å². The highest BCUT2D eigenvalue weighted by Gasteiger charge is 2.28. The summed E-state index contributed by atoms with van der Waals surface area (Å²) in [5.74, 6) is 1.15. The molecular formula is C18H26N4OS. The van der Waals surface area contributed by atoms with E-state index in [0.717, 1.165) is 56.0 Å². The van der Waals surface area contributed by atoms with Crippen molar-refractivity contribution in [2.75, 3.05) is 6.54 Å². The predicted octanol–water partition coefficient (Wildman–Crippen LogP) is 3.69. The van der Waals surface area contributed by atoms with Crippen LogP contribution in [0, 0.1) is 6.92 Å². The molecule has 1 unspecified atom stereocenters. The smallest absolute Gasteiger partial charge is 0.273 e. The van der Waals surface area contributed by atoms with E-state index < -0.39 is 0 Å². The fraction of sp³-hybridized carbons (Fsp3) is 0.611. The number of aromatic nitrogens is 3. The number of nitrogens with zero attached hydrogens (tertiary/aromatic N) is 4. The van der Waals surface area contributed by atoms with E-state index in [1.54, 1.807) is 11.3 Å². The van der Waals surface area contributed by atoms with Crippen molar-refractivity contribution in [3.8, 4) is 0 Å². The van der Waals surface area contributed by atoms with Gasteiger partial charge in [0.25, 0.3) is 5.91 Å². The van der Waals surface area contributed by atoms with Gasteiger partial charge in [0.15, 0.2) is 0 Å². The number of likely N-dealkylation sites (tertiary alicyclic amines) is 1. The van der Waals surface area contributed by atoms with E-state index in [2.05, 4.69) is 26.4 Å². The molecule has 1 saturated heterocycles. The Morgan fingerprint density at radius 1 is 1.42 bits per heavy atom. The minimum absolute atomic E-state index is 0.112. The molecule has 130 valence electrons. The maximum atomic E-state index is 12.9. The summed E-state index contributed by atoms with van der Waals surface area (Å²) in [6, 6.07) is 0.310. The molecule has 3 rings (SSSR count). The molecule has 24 heavy (non-hydrogen) atoms. The summed E-state index contributed by atoms with van der Waals surface area (Å²) in [6.45, 7) is 5.93. The van der Waals surface area contributed by atoms with Gasteiger partial charge in [-0.15, -0.1) is 11.3 Å². The number of carbonyl (C=O) groups excluding carboxylic acids is 1. The number of piperidine rings is 1. The zero-order valence-corrected chi connectivity index (χ0v) is 15.4. The van der Waals surface area contributed by atoms with Crippen molar-refractivity contribution in [2.45, 2.75) is 65.0 Å². The van der Waals surface area contributed by atoms with Crippen LogP contribution in [0.5, 0.6) is 0 Å². The number of amides is 1. The molecule has 5 nitrogen and oxygen atoms in total. The lowest BCUT2D eigenvalue weighted by Crippen LogP contribution is -2.44. The summed E-state index contributed by atoms with van der Waals surface area (Å²) >= 11 is 1.61. The number of hydrogen-bond donors (Lipinski definition) is 0. The van der Waals surface area contributed by atoms with E-state index in [-0.39, 0.29) is 5.91 Å². The predicted molar refractivity (Wildman–Crippen MR) is 96.4 cm³/mol. The van der Waals surface area contributed by atoms with Crippen molar-refractivity contribution < 1.29 is 4.79 Å². The zero-order chi connectivity index (χ0) is 16.9. The number of rotatable bonds is 6. The van der Waals surface area contributed by atoms with E-state index >= 15 is 0 Å². The van der Waals surface area contributed by atoms with Gasteiger partial charge in [-0.05, 0) is 45.4 Å². The Labute approximate surface area is 147 Å². The number of hydrogen-bond acceptors (Lipinski definition) is 4. The zero-order valence-electron chi connectivity index (χ0n) is 14.6. The summed E-state index contributed by atoms with van der Waals surface area (Å²) in [6.07, 6.45) is 10.2. The summed E-state index contributed by atoms with van der Waals surface area (Å²) in [5, 5.41) is 3.00. The summed E-state index contributed by atoms with van der Waals surface area (Å²) in [4.78, 5) is 23.8. The van der Waals surface area contributed by atoms with Gasteiger partial charge in [0.2, 0.25) is 0 Å². The maximum absolute atomic E-state index is 12.9. The van der Waals surface area contributed by atoms with E-state index in [0.29, 0.717) is 11.7 Å². The van der Waals surface area contributed by atoms with E-state index in [4.69, 9.17) is 0 Å². The van der Waals surface area contributed by atoms with Crippen molar-refractivity contribution in [3.05, 3.63) is 34.3 Å². The standard InChI is InChI=1S/C18H26N4OS/c1-3-6-17-20-16(13-24-17)18(23)22-10-5-4-7-15(22)8-11-21-12-9-19-14(21)2/h9,12-13,15H,3-8,10-11H2,1-2H3. The normalized spacial score (nSPS) is 18.1. The number of thiazole rings is 1. The quantitative estimate of drug-likeness (QED) is 0.801. The van der Waals surface area contributed by atoms with Crippen molar-refractivity contribution in [2.24, 2.45) is 0 Å². The Hall–Kier alpha value is -1.69. The third-order valence-electron chi connectivity index (χ3n) is 4.75. The third-order valence-corrected chi connectivity index (χ3v) is 5.66. The number of imidazole rings is 1. The molecule has 3 heterocycles.